The van der Waals surface area contributed by atoms with Gasteiger partial charge < -0.3 is 5.32 Å². The van der Waals surface area contributed by atoms with Crippen LogP contribution in [-0.2, 0) is 50.6 Å². The van der Waals surface area contributed by atoms with E-state index < -0.39 is 102 Å². The fourth-order valence-electron chi connectivity index (χ4n) is 7.97. The van der Waals surface area contributed by atoms with E-state index in [2.05, 4.69) is 32.1 Å². The number of hydrogen-bond donors (Lipinski definition) is 2. The van der Waals surface area contributed by atoms with E-state index in [0.717, 1.165) is 29.2 Å². The number of anilines is 1. The highest BCUT2D eigenvalue weighted by atomic mass is 35.5. The number of alkyl halides is 4. The first kappa shape index (κ1) is 44.7. The number of benzene rings is 3. The average Bonchev–Trinajstić information content (AvgIpc) is 3.71. The Hall–Kier alpha value is -5.92. The molecule has 3 aromatic heterocycles. The van der Waals surface area contributed by atoms with Crippen LogP contribution in [0.1, 0.15) is 72.6 Å². The second-order valence-electron chi connectivity index (χ2n) is 16.3. The Morgan fingerprint density at radius 1 is 1.03 bits per heavy atom. The number of aryl methyl sites for hydroxylation is 1. The van der Waals surface area contributed by atoms with Crippen molar-refractivity contribution in [2.75, 3.05) is 17.2 Å². The maximum atomic E-state index is 15.5. The summed E-state index contributed by atoms with van der Waals surface area (Å²) in [7, 11) is -6.19. The molecule has 2 N–H and O–H groups in total. The van der Waals surface area contributed by atoms with Gasteiger partial charge in [-0.05, 0) is 74.2 Å². The number of carbonyl (C=O) groups excluding carboxylic acids is 1. The SMILES string of the molecule is Cn1nc(NS(C)(=O)=O)c2c(Cl)ccc(-n3c([C@H](Cc4cc(F)cc(F)c4)NC(=O)Cn4nc(C(F)F)c5c4C(F)(F)[C@@H]4C[C@H]54)nc4cc(C#CC(C)(C)S(C)(=O)=O)ccc4c3=O)c21. The van der Waals surface area contributed by atoms with Crippen molar-refractivity contribution in [3.05, 3.63) is 109 Å². The Morgan fingerprint density at radius 2 is 1.72 bits per heavy atom. The number of hydrogen-bond acceptors (Lipinski definition) is 9. The molecule has 3 aromatic carbocycles. The minimum atomic E-state index is -3.95. The van der Waals surface area contributed by atoms with Gasteiger partial charge >= 0.3 is 0 Å². The number of carbonyl (C=O) groups is 1. The summed E-state index contributed by atoms with van der Waals surface area (Å²) >= 11 is 6.61. The highest BCUT2D eigenvalue weighted by molar-refractivity contribution is 7.92. The summed E-state index contributed by atoms with van der Waals surface area (Å²) in [4.78, 5) is 33.9. The Morgan fingerprint density at radius 3 is 2.36 bits per heavy atom. The van der Waals surface area contributed by atoms with Gasteiger partial charge in [0.05, 0.1) is 44.8 Å². The van der Waals surface area contributed by atoms with Crippen molar-refractivity contribution in [3.8, 4) is 17.5 Å². The molecule has 1 amide bonds. The highest BCUT2D eigenvalue weighted by Gasteiger charge is 2.67. The van der Waals surface area contributed by atoms with Crippen molar-refractivity contribution < 1.29 is 48.0 Å². The molecule has 0 saturated heterocycles. The summed E-state index contributed by atoms with van der Waals surface area (Å²) < 4.78 is 142. The summed E-state index contributed by atoms with van der Waals surface area (Å²) in [6, 6.07) is 7.73. The van der Waals surface area contributed by atoms with Gasteiger partial charge in [-0.1, -0.05) is 23.4 Å². The molecule has 0 spiro atoms. The van der Waals surface area contributed by atoms with Gasteiger partial charge in [0.1, 0.15) is 40.1 Å². The van der Waals surface area contributed by atoms with Crippen LogP contribution >= 0.6 is 11.6 Å². The fourth-order valence-corrected chi connectivity index (χ4v) is 8.95. The van der Waals surface area contributed by atoms with E-state index in [1.54, 1.807) is 0 Å². The smallest absolute Gasteiger partial charge is 0.293 e. The topological polar surface area (TPSA) is 180 Å². The predicted molar refractivity (Wildman–Crippen MR) is 224 cm³/mol. The molecule has 2 aliphatic carbocycles. The lowest BCUT2D eigenvalue weighted by Gasteiger charge is -2.24. The van der Waals surface area contributed by atoms with Crippen molar-refractivity contribution in [2.45, 2.75) is 62.3 Å². The molecule has 3 atom stereocenters. The van der Waals surface area contributed by atoms with Gasteiger partial charge in [-0.3, -0.25) is 28.2 Å². The molecule has 6 aromatic rings. The molecule has 1 fully saturated rings. The second kappa shape index (κ2) is 15.4. The van der Waals surface area contributed by atoms with Gasteiger partial charge in [-0.2, -0.15) is 19.0 Å². The molecule has 0 bridgehead atoms. The van der Waals surface area contributed by atoms with Crippen molar-refractivity contribution in [1.82, 2.24) is 34.4 Å². The predicted octanol–water partition coefficient (Wildman–Crippen LogP) is 6.19. The van der Waals surface area contributed by atoms with E-state index in [1.165, 1.54) is 55.9 Å². The maximum Gasteiger partial charge on any atom is 0.293 e. The van der Waals surface area contributed by atoms with Crippen LogP contribution in [0.3, 0.4) is 0 Å². The maximum absolute atomic E-state index is 15.5. The number of rotatable bonds is 11. The van der Waals surface area contributed by atoms with E-state index in [0.29, 0.717) is 10.7 Å². The molecule has 14 nitrogen and oxygen atoms in total. The minimum Gasteiger partial charge on any atom is -0.344 e. The van der Waals surface area contributed by atoms with E-state index in [4.69, 9.17) is 16.6 Å². The Labute approximate surface area is 365 Å². The van der Waals surface area contributed by atoms with Crippen molar-refractivity contribution in [3.63, 3.8) is 0 Å². The van der Waals surface area contributed by atoms with Gasteiger partial charge in [0.25, 0.3) is 17.9 Å². The third-order valence-corrected chi connectivity index (χ3v) is 14.1. The molecule has 0 radical (unpaired) electrons. The first-order valence-electron chi connectivity index (χ1n) is 19.2. The highest BCUT2D eigenvalue weighted by Crippen LogP contribution is 2.68. The molecule has 336 valence electrons. The lowest BCUT2D eigenvalue weighted by molar-refractivity contribution is -0.123. The first-order valence-corrected chi connectivity index (χ1v) is 23.4. The van der Waals surface area contributed by atoms with Crippen molar-refractivity contribution >= 4 is 65.0 Å². The summed E-state index contributed by atoms with van der Waals surface area (Å²) in [5, 5.41) is 10.6. The Balaban J connectivity index is 1.35. The number of nitrogens with one attached hydrogen (secondary N) is 2. The third-order valence-electron chi connectivity index (χ3n) is 11.2. The summed E-state index contributed by atoms with van der Waals surface area (Å²) in [6.45, 7) is 1.76. The summed E-state index contributed by atoms with van der Waals surface area (Å²) in [6.07, 6.45) is -1.90. The fraction of sp³-hybridized carbons (Fsp3) is 0.341. The van der Waals surface area contributed by atoms with Gasteiger partial charge in [0.15, 0.2) is 15.7 Å². The van der Waals surface area contributed by atoms with Crippen LogP contribution in [0.4, 0.5) is 32.2 Å². The second-order valence-corrected chi connectivity index (χ2v) is 21.0. The summed E-state index contributed by atoms with van der Waals surface area (Å²) in [5.74, 6) is -3.91. The minimum absolute atomic E-state index is 0.00831. The number of fused-ring (bicyclic) bond motifs is 5. The number of halogens is 7. The number of sulfonamides is 1. The Kier molecular flexibility index (Phi) is 10.7. The molecule has 2 aliphatic rings. The van der Waals surface area contributed by atoms with Crippen LogP contribution in [0.15, 0.2) is 53.3 Å². The normalized spacial score (nSPS) is 17.3. The lowest BCUT2D eigenvalue weighted by atomic mass is 10.0. The standard InChI is InChI=1S/C41H35ClF6N8O6S2/c1-40(2,63(4,59)60)11-10-19-6-7-23-27(14-19)50-38(56(39(23)58)29-9-8-26(42)32-34(29)54(3)52-37(32)53-64(5,61)62)28(15-20-12-21(43)16-22(44)13-20)49-30(57)18-55-35-31(33(51-55)36(45)46)24-17-25(24)41(35,47)48/h6-9,12-14,16,24-25,28,36H,15,17-18H2,1-5H3,(H,49,57)(H,52,53)/t24-,25+,28-/m0/s1. The molecule has 0 unspecified atom stereocenters. The monoisotopic (exact) mass is 948 g/mol. The molecular weight excluding hydrogens is 914 g/mol. The zero-order chi connectivity index (χ0) is 46.6. The van der Waals surface area contributed by atoms with Crippen LogP contribution < -0.4 is 15.6 Å². The van der Waals surface area contributed by atoms with Gasteiger partial charge in [0.2, 0.25) is 15.9 Å². The largest absolute Gasteiger partial charge is 0.344 e. The van der Waals surface area contributed by atoms with E-state index in [1.807, 2.05) is 0 Å². The molecule has 8 rings (SSSR count). The molecule has 0 aliphatic heterocycles. The van der Waals surface area contributed by atoms with E-state index in [-0.39, 0.29) is 67.3 Å². The molecule has 64 heavy (non-hydrogen) atoms. The van der Waals surface area contributed by atoms with Crippen LogP contribution in [0, 0.1) is 29.4 Å². The van der Waals surface area contributed by atoms with Crippen LogP contribution in [-0.4, -0.2) is 69.1 Å². The number of aromatic nitrogens is 6. The summed E-state index contributed by atoms with van der Waals surface area (Å²) in [5.41, 5.74) is -2.78. The van der Waals surface area contributed by atoms with Crippen LogP contribution in [0.2, 0.25) is 5.02 Å². The zero-order valence-corrected chi connectivity index (χ0v) is 36.5. The van der Waals surface area contributed by atoms with Crippen molar-refractivity contribution in [2.24, 2.45) is 13.0 Å². The first-order chi connectivity index (χ1) is 29.8. The molecule has 1 saturated carbocycles. The van der Waals surface area contributed by atoms with Crippen LogP contribution in [0.5, 0.6) is 0 Å². The Bertz CT molecular complexity index is 3320. The molecule has 23 heteroatoms. The molecule has 3 heterocycles. The number of amides is 1. The van der Waals surface area contributed by atoms with E-state index in [9.17, 15) is 44.0 Å². The van der Waals surface area contributed by atoms with Gasteiger partial charge in [-0.15, -0.1) is 0 Å². The quantitative estimate of drug-likeness (QED) is 0.113. The van der Waals surface area contributed by atoms with Crippen molar-refractivity contribution in [1.29, 1.82) is 0 Å². The number of sulfone groups is 1. The lowest BCUT2D eigenvalue weighted by Crippen LogP contribution is -2.38. The zero-order valence-electron chi connectivity index (χ0n) is 34.1. The number of nitrogens with zero attached hydrogens (tertiary/aromatic N) is 6. The average molecular weight is 949 g/mol. The van der Waals surface area contributed by atoms with Crippen LogP contribution in [0.25, 0.3) is 27.5 Å². The van der Waals surface area contributed by atoms with Gasteiger partial charge in [-0.25, -0.2) is 39.4 Å². The third kappa shape index (κ3) is 7.97. The molecular formula is C41H35ClF6N8O6S2. The van der Waals surface area contributed by atoms with Gasteiger partial charge in [0, 0.05) is 42.8 Å². The van der Waals surface area contributed by atoms with E-state index >= 15 is 8.78 Å².